The van der Waals surface area contributed by atoms with Crippen LogP contribution in [0.25, 0.3) is 0 Å². The Morgan fingerprint density at radius 2 is 2.27 bits per heavy atom. The van der Waals surface area contributed by atoms with E-state index in [2.05, 4.69) is 6.92 Å². The second-order valence-electron chi connectivity index (χ2n) is 2.64. The van der Waals surface area contributed by atoms with Crippen LogP contribution in [0.15, 0.2) is 0 Å². The molecule has 1 amide bonds. The van der Waals surface area contributed by atoms with Gasteiger partial charge in [-0.25, -0.2) is 0 Å². The van der Waals surface area contributed by atoms with E-state index in [1.54, 1.807) is 0 Å². The molecule has 0 rings (SSSR count). The minimum Gasteiger partial charge on any atom is -0.371 e. The highest BCUT2D eigenvalue weighted by Crippen LogP contribution is 1.97. The number of hydrogen-bond acceptors (Lipinski definition) is 3. The van der Waals surface area contributed by atoms with Crippen LogP contribution in [0.5, 0.6) is 0 Å². The molecular weight excluding hydrogens is 146 g/mol. The minimum absolute atomic E-state index is 0.316. The molecule has 0 aromatic rings. The predicted molar refractivity (Wildman–Crippen MR) is 40.1 cm³/mol. The number of aliphatic hydroxyl groups excluding tert-OH is 1. The lowest BCUT2D eigenvalue weighted by Gasteiger charge is -2.20. The van der Waals surface area contributed by atoms with Crippen molar-refractivity contribution in [2.75, 3.05) is 6.61 Å². The Morgan fingerprint density at radius 1 is 1.73 bits per heavy atom. The molecule has 0 aliphatic carbocycles. The van der Waals surface area contributed by atoms with Crippen LogP contribution >= 0.6 is 0 Å². The number of rotatable bonds is 5. The monoisotopic (exact) mass is 160 g/mol. The van der Waals surface area contributed by atoms with Gasteiger partial charge in [-0.3, -0.25) is 9.63 Å². The van der Waals surface area contributed by atoms with Gasteiger partial charge >= 0.3 is 0 Å². The van der Waals surface area contributed by atoms with Crippen molar-refractivity contribution in [1.82, 2.24) is 5.06 Å². The van der Waals surface area contributed by atoms with Crippen LogP contribution in [0.3, 0.4) is 0 Å². The lowest BCUT2D eigenvalue weighted by Crippen LogP contribution is -2.33. The summed E-state index contributed by atoms with van der Waals surface area (Å²) in [4.78, 5) is 15.0. The molecule has 1 atom stereocenters. The summed E-state index contributed by atoms with van der Waals surface area (Å²) in [7, 11) is 0. The molecular formula is C7H14NO3. The lowest BCUT2D eigenvalue weighted by molar-refractivity contribution is -0.215. The highest BCUT2D eigenvalue weighted by Gasteiger charge is 2.08. The van der Waals surface area contributed by atoms with Crippen molar-refractivity contribution in [3.05, 3.63) is 6.92 Å². The number of hydroxylamine groups is 2. The Hall–Kier alpha value is -0.610. The molecule has 0 spiro atoms. The lowest BCUT2D eigenvalue weighted by atomic mass is 10.2. The third-order valence-electron chi connectivity index (χ3n) is 0.955. The first kappa shape index (κ1) is 10.4. The number of carbonyl (C=O) groups is 1. The van der Waals surface area contributed by atoms with Crippen molar-refractivity contribution in [3.8, 4) is 0 Å². The van der Waals surface area contributed by atoms with E-state index in [1.165, 1.54) is 0 Å². The molecule has 0 saturated heterocycles. The quantitative estimate of drug-likeness (QED) is 0.354. The van der Waals surface area contributed by atoms with Crippen LogP contribution in [-0.2, 0) is 9.63 Å². The Labute approximate surface area is 66.7 Å². The zero-order chi connectivity index (χ0) is 8.85. The fourth-order valence-electron chi connectivity index (χ4n) is 0.422. The summed E-state index contributed by atoms with van der Waals surface area (Å²) in [6, 6.07) is 0. The SMILES string of the molecule is [CH2]C(O)N(C=O)OCC(C)C. The van der Waals surface area contributed by atoms with Gasteiger partial charge in [-0.15, -0.1) is 0 Å². The van der Waals surface area contributed by atoms with Crippen LogP contribution in [-0.4, -0.2) is 29.4 Å². The topological polar surface area (TPSA) is 49.8 Å². The van der Waals surface area contributed by atoms with Crippen molar-refractivity contribution in [2.24, 2.45) is 5.92 Å². The Kier molecular flexibility index (Phi) is 4.81. The molecule has 11 heavy (non-hydrogen) atoms. The van der Waals surface area contributed by atoms with Crippen molar-refractivity contribution >= 4 is 6.41 Å². The summed E-state index contributed by atoms with van der Waals surface area (Å²) in [6.45, 7) is 7.49. The van der Waals surface area contributed by atoms with Gasteiger partial charge in [0.25, 0.3) is 0 Å². The molecule has 4 nitrogen and oxygen atoms in total. The van der Waals surface area contributed by atoms with E-state index in [1.807, 2.05) is 13.8 Å². The molecule has 0 heterocycles. The predicted octanol–water partition coefficient (Wildman–Crippen LogP) is 0.185. The molecule has 0 aromatic carbocycles. The molecule has 0 bridgehead atoms. The van der Waals surface area contributed by atoms with Gasteiger partial charge in [-0.1, -0.05) is 13.8 Å². The summed E-state index contributed by atoms with van der Waals surface area (Å²) in [5, 5.41) is 9.56. The van der Waals surface area contributed by atoms with E-state index in [4.69, 9.17) is 9.94 Å². The summed E-state index contributed by atoms with van der Waals surface area (Å²) >= 11 is 0. The zero-order valence-electron chi connectivity index (χ0n) is 6.86. The summed E-state index contributed by atoms with van der Waals surface area (Å²) in [5.41, 5.74) is 0. The number of hydrogen-bond donors (Lipinski definition) is 1. The molecule has 1 radical (unpaired) electrons. The summed E-state index contributed by atoms with van der Waals surface area (Å²) < 4.78 is 0. The maximum atomic E-state index is 10.2. The highest BCUT2D eigenvalue weighted by atomic mass is 16.7. The van der Waals surface area contributed by atoms with Crippen molar-refractivity contribution < 1.29 is 14.7 Å². The molecule has 65 valence electrons. The van der Waals surface area contributed by atoms with Gasteiger partial charge in [0.15, 0.2) is 6.23 Å². The summed E-state index contributed by atoms with van der Waals surface area (Å²) in [5.74, 6) is 0.316. The van der Waals surface area contributed by atoms with Crippen LogP contribution in [0.1, 0.15) is 13.8 Å². The van der Waals surface area contributed by atoms with Gasteiger partial charge in [0, 0.05) is 0 Å². The number of aliphatic hydroxyl groups is 1. The standard InChI is InChI=1S/C7H14NO3/c1-6(2)4-11-8(5-9)7(3)10/h5-7,10H,3-4H2,1-2H3. The Morgan fingerprint density at radius 3 is 2.55 bits per heavy atom. The number of carbonyl (C=O) groups excluding carboxylic acids is 1. The molecule has 0 aliphatic heterocycles. The molecule has 4 heteroatoms. The van der Waals surface area contributed by atoms with Crippen LogP contribution < -0.4 is 0 Å². The fourth-order valence-corrected chi connectivity index (χ4v) is 0.422. The van der Waals surface area contributed by atoms with Gasteiger partial charge in [0.2, 0.25) is 6.41 Å². The van der Waals surface area contributed by atoms with Crippen molar-refractivity contribution in [1.29, 1.82) is 0 Å². The first-order valence-electron chi connectivity index (χ1n) is 3.45. The van der Waals surface area contributed by atoms with Crippen molar-refractivity contribution in [2.45, 2.75) is 20.1 Å². The van der Waals surface area contributed by atoms with E-state index in [0.29, 0.717) is 18.9 Å². The Bertz CT molecular complexity index is 114. The maximum absolute atomic E-state index is 10.2. The molecule has 0 aliphatic rings. The van der Waals surface area contributed by atoms with Crippen LogP contribution in [0.2, 0.25) is 0 Å². The van der Waals surface area contributed by atoms with E-state index in [0.717, 1.165) is 5.06 Å². The van der Waals surface area contributed by atoms with Crippen molar-refractivity contribution in [3.63, 3.8) is 0 Å². The average Bonchev–Trinajstić information content (AvgIpc) is 1.87. The van der Waals surface area contributed by atoms with Gasteiger partial charge in [-0.05, 0) is 12.8 Å². The first-order chi connectivity index (χ1) is 5.07. The van der Waals surface area contributed by atoms with E-state index in [9.17, 15) is 4.79 Å². The largest absolute Gasteiger partial charge is 0.371 e. The van der Waals surface area contributed by atoms with Crippen LogP contribution in [0.4, 0.5) is 0 Å². The average molecular weight is 160 g/mol. The number of nitrogens with zero attached hydrogens (tertiary/aromatic N) is 1. The minimum atomic E-state index is -1.13. The molecule has 0 fully saturated rings. The molecule has 1 unspecified atom stereocenters. The molecule has 0 saturated carbocycles. The van der Waals surface area contributed by atoms with E-state index < -0.39 is 6.23 Å². The first-order valence-corrected chi connectivity index (χ1v) is 3.45. The smallest absolute Gasteiger partial charge is 0.235 e. The van der Waals surface area contributed by atoms with Gasteiger partial charge in [-0.2, -0.15) is 5.06 Å². The fraction of sp³-hybridized carbons (Fsp3) is 0.714. The second-order valence-corrected chi connectivity index (χ2v) is 2.64. The number of amides is 1. The second kappa shape index (κ2) is 5.09. The highest BCUT2D eigenvalue weighted by molar-refractivity contribution is 5.45. The van der Waals surface area contributed by atoms with Gasteiger partial charge in [0.05, 0.1) is 6.61 Å². The third kappa shape index (κ3) is 4.75. The Balaban J connectivity index is 3.61. The molecule has 1 N–H and O–H groups in total. The molecule has 0 aromatic heterocycles. The van der Waals surface area contributed by atoms with Gasteiger partial charge in [0.1, 0.15) is 0 Å². The van der Waals surface area contributed by atoms with Gasteiger partial charge < -0.3 is 5.11 Å². The van der Waals surface area contributed by atoms with E-state index >= 15 is 0 Å². The maximum Gasteiger partial charge on any atom is 0.235 e. The van der Waals surface area contributed by atoms with E-state index in [-0.39, 0.29) is 0 Å². The summed E-state index contributed by atoms with van der Waals surface area (Å²) in [6.07, 6.45) is -0.730. The normalized spacial score (nSPS) is 13.2. The zero-order valence-corrected chi connectivity index (χ0v) is 6.86. The van der Waals surface area contributed by atoms with Crippen LogP contribution in [0, 0.1) is 12.8 Å². The third-order valence-corrected chi connectivity index (χ3v) is 0.955.